The molecule has 1 amide bonds. The van der Waals surface area contributed by atoms with Crippen LogP contribution < -0.4 is 10.9 Å². The molecule has 2 atom stereocenters. The van der Waals surface area contributed by atoms with Gasteiger partial charge in [-0.05, 0) is 24.1 Å². The number of hydrazine groups is 1. The van der Waals surface area contributed by atoms with Crippen molar-refractivity contribution in [2.24, 2.45) is 0 Å². The average Bonchev–Trinajstić information content (AvgIpc) is 2.94. The third-order valence-electron chi connectivity index (χ3n) is 3.41. The summed E-state index contributed by atoms with van der Waals surface area (Å²) in [7, 11) is 1.73. The molecule has 1 heterocycles. The van der Waals surface area contributed by atoms with E-state index in [0.29, 0.717) is 19.4 Å². The van der Waals surface area contributed by atoms with Gasteiger partial charge in [-0.15, -0.1) is 0 Å². The van der Waals surface area contributed by atoms with Crippen molar-refractivity contribution >= 4 is 21.8 Å². The molecule has 1 aromatic rings. The summed E-state index contributed by atoms with van der Waals surface area (Å²) in [6, 6.07) is 9.99. The predicted molar refractivity (Wildman–Crippen MR) is 79.4 cm³/mol. The van der Waals surface area contributed by atoms with Gasteiger partial charge in [-0.2, -0.15) is 5.26 Å². The van der Waals surface area contributed by atoms with Crippen LogP contribution in [0, 0.1) is 11.3 Å². The number of nitrogens with one attached hydrogen (secondary N) is 2. The van der Waals surface area contributed by atoms with E-state index in [1.807, 2.05) is 30.3 Å². The Morgan fingerprint density at radius 1 is 1.45 bits per heavy atom. The largest absolute Gasteiger partial charge is 0.343 e. The first-order valence-corrected chi connectivity index (χ1v) is 7.29. The number of benzene rings is 1. The zero-order chi connectivity index (χ0) is 14.5. The number of hydrogen-bond acceptors (Lipinski definition) is 4. The Bertz CT molecular complexity index is 511. The number of amides is 1. The highest BCUT2D eigenvalue weighted by molar-refractivity contribution is 9.10. The fourth-order valence-corrected chi connectivity index (χ4v) is 2.49. The van der Waals surface area contributed by atoms with Gasteiger partial charge in [0.25, 0.3) is 0 Å². The highest BCUT2D eigenvalue weighted by atomic mass is 79.9. The maximum atomic E-state index is 12.2. The summed E-state index contributed by atoms with van der Waals surface area (Å²) in [6.45, 7) is 0.469. The molecule has 1 fully saturated rings. The molecule has 0 saturated carbocycles. The van der Waals surface area contributed by atoms with Crippen molar-refractivity contribution < 1.29 is 4.79 Å². The van der Waals surface area contributed by atoms with E-state index in [2.05, 4.69) is 26.8 Å². The molecule has 2 rings (SSSR count). The van der Waals surface area contributed by atoms with Gasteiger partial charge in [0.1, 0.15) is 6.04 Å². The summed E-state index contributed by atoms with van der Waals surface area (Å²) in [5.41, 5.74) is 7.35. The van der Waals surface area contributed by atoms with Crippen molar-refractivity contribution in [3.63, 3.8) is 0 Å². The standard InChI is InChI=1S/C14H17BrN4O/c1-19(8-2-7-16)14(20)13-9-12(17-18-13)10-3-5-11(15)6-4-10/h3-6,12-13,17-18H,2,8-9H2,1H3. The first-order chi connectivity index (χ1) is 9.61. The van der Waals surface area contributed by atoms with Crippen LogP contribution in [0.1, 0.15) is 24.4 Å². The van der Waals surface area contributed by atoms with E-state index in [4.69, 9.17) is 5.26 Å². The predicted octanol–water partition coefficient (Wildman–Crippen LogP) is 1.73. The highest BCUT2D eigenvalue weighted by Gasteiger charge is 2.31. The number of carbonyl (C=O) groups excluding carboxylic acids is 1. The van der Waals surface area contributed by atoms with Crippen LogP contribution in [0.2, 0.25) is 0 Å². The Morgan fingerprint density at radius 2 is 2.15 bits per heavy atom. The van der Waals surface area contributed by atoms with Crippen LogP contribution in [0.3, 0.4) is 0 Å². The van der Waals surface area contributed by atoms with Gasteiger partial charge >= 0.3 is 0 Å². The minimum atomic E-state index is -0.243. The molecule has 0 aliphatic carbocycles. The molecule has 0 radical (unpaired) electrons. The van der Waals surface area contributed by atoms with Gasteiger partial charge in [-0.1, -0.05) is 28.1 Å². The van der Waals surface area contributed by atoms with Crippen LogP contribution >= 0.6 is 15.9 Å². The number of hydrogen-bond donors (Lipinski definition) is 2. The van der Waals surface area contributed by atoms with Crippen LogP contribution in [-0.4, -0.2) is 30.4 Å². The van der Waals surface area contributed by atoms with Gasteiger partial charge in [0, 0.05) is 24.1 Å². The molecule has 1 aromatic carbocycles. The smallest absolute Gasteiger partial charge is 0.240 e. The molecule has 0 spiro atoms. The van der Waals surface area contributed by atoms with Crippen molar-refractivity contribution in [3.8, 4) is 6.07 Å². The fourth-order valence-electron chi connectivity index (χ4n) is 2.23. The van der Waals surface area contributed by atoms with Gasteiger partial charge in [0.2, 0.25) is 5.91 Å². The lowest BCUT2D eigenvalue weighted by molar-refractivity contribution is -0.131. The molecular weight excluding hydrogens is 320 g/mol. The Hall–Kier alpha value is -1.42. The van der Waals surface area contributed by atoms with Crippen molar-refractivity contribution in [1.29, 1.82) is 5.26 Å². The summed E-state index contributed by atoms with van der Waals surface area (Å²) in [6.07, 6.45) is 1.07. The Kier molecular flexibility index (Phi) is 5.12. The number of carbonyl (C=O) groups is 1. The summed E-state index contributed by atoms with van der Waals surface area (Å²) < 4.78 is 1.04. The first kappa shape index (κ1) is 15.0. The van der Waals surface area contributed by atoms with Gasteiger partial charge in [-0.3, -0.25) is 4.79 Å². The third kappa shape index (κ3) is 3.57. The third-order valence-corrected chi connectivity index (χ3v) is 3.94. The number of likely N-dealkylation sites (N-methyl/N-ethyl adjacent to an activating group) is 1. The zero-order valence-corrected chi connectivity index (χ0v) is 12.9. The zero-order valence-electron chi connectivity index (χ0n) is 11.3. The molecule has 6 heteroatoms. The second-order valence-corrected chi connectivity index (χ2v) is 5.76. The van der Waals surface area contributed by atoms with Crippen LogP contribution in [0.25, 0.3) is 0 Å². The van der Waals surface area contributed by atoms with E-state index in [-0.39, 0.29) is 18.0 Å². The van der Waals surface area contributed by atoms with E-state index < -0.39 is 0 Å². The first-order valence-electron chi connectivity index (χ1n) is 6.50. The van der Waals surface area contributed by atoms with E-state index in [0.717, 1.165) is 10.0 Å². The Balaban J connectivity index is 1.93. The molecule has 1 aliphatic heterocycles. The van der Waals surface area contributed by atoms with Crippen molar-refractivity contribution in [3.05, 3.63) is 34.3 Å². The van der Waals surface area contributed by atoms with Crippen molar-refractivity contribution in [2.75, 3.05) is 13.6 Å². The number of nitrogens with zero attached hydrogens (tertiary/aromatic N) is 2. The SMILES string of the molecule is CN(CCC#N)C(=O)C1CC(c2ccc(Br)cc2)NN1. The lowest BCUT2D eigenvalue weighted by atomic mass is 10.0. The average molecular weight is 337 g/mol. The highest BCUT2D eigenvalue weighted by Crippen LogP contribution is 2.24. The molecule has 2 unspecified atom stereocenters. The Labute approximate surface area is 127 Å². The van der Waals surface area contributed by atoms with Gasteiger partial charge in [0.15, 0.2) is 0 Å². The lowest BCUT2D eigenvalue weighted by Gasteiger charge is -2.19. The fraction of sp³-hybridized carbons (Fsp3) is 0.429. The molecule has 1 aliphatic rings. The van der Waals surface area contributed by atoms with Crippen LogP contribution in [0.15, 0.2) is 28.7 Å². The molecule has 2 N–H and O–H groups in total. The van der Waals surface area contributed by atoms with Crippen molar-refractivity contribution in [2.45, 2.75) is 24.9 Å². The molecular formula is C14H17BrN4O. The van der Waals surface area contributed by atoms with Crippen molar-refractivity contribution in [1.82, 2.24) is 15.8 Å². The number of nitriles is 1. The summed E-state index contributed by atoms with van der Waals surface area (Å²) in [4.78, 5) is 13.8. The lowest BCUT2D eigenvalue weighted by Crippen LogP contribution is -2.44. The van der Waals surface area contributed by atoms with E-state index in [9.17, 15) is 4.79 Å². The van der Waals surface area contributed by atoms with E-state index >= 15 is 0 Å². The molecule has 0 bridgehead atoms. The minimum absolute atomic E-state index is 0.0207. The number of halogens is 1. The second-order valence-electron chi connectivity index (χ2n) is 4.85. The molecule has 0 aromatic heterocycles. The summed E-state index contributed by atoms with van der Waals surface area (Å²) >= 11 is 3.41. The molecule has 5 nitrogen and oxygen atoms in total. The second kappa shape index (κ2) is 6.84. The maximum absolute atomic E-state index is 12.2. The van der Waals surface area contributed by atoms with Gasteiger partial charge in [-0.25, -0.2) is 10.9 Å². The number of rotatable bonds is 4. The van der Waals surface area contributed by atoms with Gasteiger partial charge < -0.3 is 4.90 Å². The molecule has 1 saturated heterocycles. The summed E-state index contributed by atoms with van der Waals surface area (Å²) in [5, 5.41) is 8.56. The normalized spacial score (nSPS) is 21.4. The molecule has 20 heavy (non-hydrogen) atoms. The topological polar surface area (TPSA) is 68.2 Å². The van der Waals surface area contributed by atoms with Crippen LogP contribution in [0.5, 0.6) is 0 Å². The van der Waals surface area contributed by atoms with Gasteiger partial charge in [0.05, 0.1) is 12.5 Å². The maximum Gasteiger partial charge on any atom is 0.240 e. The van der Waals surface area contributed by atoms with E-state index in [1.54, 1.807) is 11.9 Å². The van der Waals surface area contributed by atoms with Crippen LogP contribution in [0.4, 0.5) is 0 Å². The Morgan fingerprint density at radius 3 is 2.80 bits per heavy atom. The molecule has 106 valence electrons. The van der Waals surface area contributed by atoms with E-state index in [1.165, 1.54) is 0 Å². The minimum Gasteiger partial charge on any atom is -0.343 e. The van der Waals surface area contributed by atoms with Crippen LogP contribution in [-0.2, 0) is 4.79 Å². The summed E-state index contributed by atoms with van der Waals surface area (Å²) in [5.74, 6) is 0.0207. The monoisotopic (exact) mass is 336 g/mol. The quantitative estimate of drug-likeness (QED) is 0.878.